The van der Waals surface area contributed by atoms with E-state index in [9.17, 15) is 8.42 Å². The molecule has 0 fully saturated rings. The van der Waals surface area contributed by atoms with E-state index < -0.39 is 10.0 Å². The molecule has 4 nitrogen and oxygen atoms in total. The summed E-state index contributed by atoms with van der Waals surface area (Å²) in [6.45, 7) is 2.48. The van der Waals surface area contributed by atoms with E-state index in [0.29, 0.717) is 6.54 Å². The van der Waals surface area contributed by atoms with Crippen LogP contribution in [0.3, 0.4) is 0 Å². The van der Waals surface area contributed by atoms with Crippen LogP contribution in [0.2, 0.25) is 0 Å². The van der Waals surface area contributed by atoms with Crippen molar-refractivity contribution in [3.8, 4) is 0 Å². The van der Waals surface area contributed by atoms with E-state index in [1.165, 1.54) is 7.88 Å². The Morgan fingerprint density at radius 1 is 1.28 bits per heavy atom. The largest absolute Gasteiger partial charge is 0.309 e. The summed E-state index contributed by atoms with van der Waals surface area (Å²) in [5.74, 6) is 0.120. The lowest BCUT2D eigenvalue weighted by Crippen LogP contribution is -2.32. The minimum absolute atomic E-state index is 0.120. The topological polar surface area (TPSA) is 49.4 Å². The van der Waals surface area contributed by atoms with E-state index >= 15 is 0 Å². The second-order valence-electron chi connectivity index (χ2n) is 4.33. The maximum absolute atomic E-state index is 11.6. The van der Waals surface area contributed by atoms with Gasteiger partial charge in [-0.2, -0.15) is 0 Å². The van der Waals surface area contributed by atoms with Crippen molar-refractivity contribution in [2.45, 2.75) is 13.0 Å². The van der Waals surface area contributed by atoms with Crippen molar-refractivity contribution >= 4 is 32.6 Å². The minimum Gasteiger partial charge on any atom is -0.309 e. The molecule has 0 aliphatic rings. The maximum atomic E-state index is 11.6. The van der Waals surface area contributed by atoms with Crippen molar-refractivity contribution < 1.29 is 8.42 Å². The monoisotopic (exact) mass is 382 g/mol. The third-order valence-corrected chi connectivity index (χ3v) is 5.29. The molecule has 0 spiro atoms. The summed E-state index contributed by atoms with van der Waals surface area (Å²) >= 11 is 2.26. The number of halogens is 1. The summed E-state index contributed by atoms with van der Waals surface area (Å²) in [5, 5.41) is 3.22. The fourth-order valence-electron chi connectivity index (χ4n) is 1.46. The van der Waals surface area contributed by atoms with Crippen LogP contribution in [0.5, 0.6) is 0 Å². The van der Waals surface area contributed by atoms with E-state index in [2.05, 4.69) is 40.0 Å². The smallest absolute Gasteiger partial charge is 0.214 e. The van der Waals surface area contributed by atoms with E-state index in [4.69, 9.17) is 0 Å². The van der Waals surface area contributed by atoms with Crippen LogP contribution in [-0.2, 0) is 10.0 Å². The first-order valence-corrected chi connectivity index (χ1v) is 8.41. The van der Waals surface area contributed by atoms with Gasteiger partial charge in [0.25, 0.3) is 0 Å². The predicted molar refractivity (Wildman–Crippen MR) is 83.1 cm³/mol. The number of rotatable bonds is 6. The van der Waals surface area contributed by atoms with Crippen LogP contribution in [0.25, 0.3) is 0 Å². The number of nitrogens with one attached hydrogen (secondary N) is 1. The Morgan fingerprint density at radius 3 is 2.33 bits per heavy atom. The van der Waals surface area contributed by atoms with Gasteiger partial charge in [-0.25, -0.2) is 12.7 Å². The zero-order valence-electron chi connectivity index (χ0n) is 10.9. The first-order valence-electron chi connectivity index (χ1n) is 5.72. The highest BCUT2D eigenvalue weighted by molar-refractivity contribution is 14.1. The molecule has 18 heavy (non-hydrogen) atoms. The molecule has 0 aliphatic carbocycles. The summed E-state index contributed by atoms with van der Waals surface area (Å²) in [5.41, 5.74) is 1.16. The standard InChI is InChI=1S/C12H19IN2O2S/c1-10(11-4-6-12(13)7-5-11)14-8-9-18(16,17)15(2)3/h4-7,10,14H,8-9H2,1-3H3. The second kappa shape index (κ2) is 6.83. The van der Waals surface area contributed by atoms with Crippen LogP contribution in [0.4, 0.5) is 0 Å². The van der Waals surface area contributed by atoms with Crippen LogP contribution in [-0.4, -0.2) is 39.1 Å². The molecule has 1 atom stereocenters. The fraction of sp³-hybridized carbons (Fsp3) is 0.500. The fourth-order valence-corrected chi connectivity index (χ4v) is 2.56. The summed E-state index contributed by atoms with van der Waals surface area (Å²) in [7, 11) is -0.00620. The Hall–Kier alpha value is -0.180. The normalized spacial score (nSPS) is 13.8. The molecule has 6 heteroatoms. The zero-order valence-corrected chi connectivity index (χ0v) is 13.8. The molecular formula is C12H19IN2O2S. The van der Waals surface area contributed by atoms with Gasteiger partial charge in [-0.1, -0.05) is 12.1 Å². The first-order chi connectivity index (χ1) is 8.33. The average molecular weight is 382 g/mol. The number of nitrogens with zero attached hydrogens (tertiary/aromatic N) is 1. The maximum Gasteiger partial charge on any atom is 0.214 e. The lowest BCUT2D eigenvalue weighted by molar-refractivity contribution is 0.512. The van der Waals surface area contributed by atoms with E-state index in [-0.39, 0.29) is 11.8 Å². The molecule has 1 unspecified atom stereocenters. The van der Waals surface area contributed by atoms with Crippen LogP contribution in [0, 0.1) is 3.57 Å². The summed E-state index contributed by atoms with van der Waals surface area (Å²) in [6, 6.07) is 8.36. The highest BCUT2D eigenvalue weighted by Crippen LogP contribution is 2.14. The molecule has 1 aromatic carbocycles. The van der Waals surface area contributed by atoms with E-state index in [1.807, 2.05) is 19.1 Å². The Bertz CT molecular complexity index is 471. The summed E-state index contributed by atoms with van der Waals surface area (Å²) in [4.78, 5) is 0. The van der Waals surface area contributed by atoms with Crippen LogP contribution in [0.1, 0.15) is 18.5 Å². The molecule has 0 amide bonds. The third-order valence-electron chi connectivity index (χ3n) is 2.74. The van der Waals surface area contributed by atoms with Crippen molar-refractivity contribution in [1.82, 2.24) is 9.62 Å². The molecule has 0 saturated carbocycles. The highest BCUT2D eigenvalue weighted by Gasteiger charge is 2.13. The number of benzene rings is 1. The van der Waals surface area contributed by atoms with Gasteiger partial charge < -0.3 is 5.32 Å². The lowest BCUT2D eigenvalue weighted by atomic mass is 10.1. The predicted octanol–water partition coefficient (Wildman–Crippen LogP) is 1.83. The zero-order chi connectivity index (χ0) is 13.8. The number of sulfonamides is 1. The quantitative estimate of drug-likeness (QED) is 0.764. The van der Waals surface area contributed by atoms with Crippen molar-refractivity contribution in [1.29, 1.82) is 0 Å². The van der Waals surface area contributed by atoms with E-state index in [0.717, 1.165) is 5.56 Å². The van der Waals surface area contributed by atoms with Crippen LogP contribution >= 0.6 is 22.6 Å². The van der Waals surface area contributed by atoms with Gasteiger partial charge in [0.05, 0.1) is 5.75 Å². The molecule has 0 saturated heterocycles. The van der Waals surface area contributed by atoms with Crippen molar-refractivity contribution in [2.75, 3.05) is 26.4 Å². The number of hydrogen-bond donors (Lipinski definition) is 1. The minimum atomic E-state index is -3.11. The molecular weight excluding hydrogens is 363 g/mol. The SMILES string of the molecule is CC(NCCS(=O)(=O)N(C)C)c1ccc(I)cc1. The van der Waals surface area contributed by atoms with E-state index in [1.54, 1.807) is 14.1 Å². The van der Waals surface area contributed by atoms with Crippen molar-refractivity contribution in [2.24, 2.45) is 0 Å². The average Bonchev–Trinajstić information content (AvgIpc) is 2.29. The van der Waals surface area contributed by atoms with Gasteiger partial charge in [-0.05, 0) is 47.2 Å². The Morgan fingerprint density at radius 2 is 1.83 bits per heavy atom. The summed E-state index contributed by atoms with van der Waals surface area (Å²) in [6.07, 6.45) is 0. The van der Waals surface area contributed by atoms with Crippen molar-refractivity contribution in [3.05, 3.63) is 33.4 Å². The van der Waals surface area contributed by atoms with Crippen LogP contribution in [0.15, 0.2) is 24.3 Å². The molecule has 102 valence electrons. The molecule has 0 bridgehead atoms. The summed E-state index contributed by atoms with van der Waals surface area (Å²) < 4.78 is 25.6. The molecule has 0 aliphatic heterocycles. The molecule has 0 aromatic heterocycles. The third kappa shape index (κ3) is 4.83. The first kappa shape index (κ1) is 15.9. The van der Waals surface area contributed by atoms with Gasteiger partial charge in [0, 0.05) is 30.3 Å². The lowest BCUT2D eigenvalue weighted by Gasteiger charge is -2.16. The molecule has 1 rings (SSSR count). The van der Waals surface area contributed by atoms with Gasteiger partial charge in [-0.15, -0.1) is 0 Å². The number of hydrogen-bond acceptors (Lipinski definition) is 3. The molecule has 0 heterocycles. The van der Waals surface area contributed by atoms with Gasteiger partial charge >= 0.3 is 0 Å². The van der Waals surface area contributed by atoms with Gasteiger partial charge in [0.15, 0.2) is 0 Å². The molecule has 1 N–H and O–H groups in total. The van der Waals surface area contributed by atoms with Gasteiger partial charge in [0.2, 0.25) is 10.0 Å². The van der Waals surface area contributed by atoms with Gasteiger partial charge in [-0.3, -0.25) is 0 Å². The Balaban J connectivity index is 2.47. The Kier molecular flexibility index (Phi) is 6.03. The highest BCUT2D eigenvalue weighted by atomic mass is 127. The second-order valence-corrected chi connectivity index (χ2v) is 7.87. The van der Waals surface area contributed by atoms with Crippen LogP contribution < -0.4 is 5.32 Å². The molecule has 0 radical (unpaired) electrons. The van der Waals surface area contributed by atoms with Crippen molar-refractivity contribution in [3.63, 3.8) is 0 Å². The Labute approximate surface area is 123 Å². The van der Waals surface area contributed by atoms with Gasteiger partial charge in [0.1, 0.15) is 0 Å². The molecule has 1 aromatic rings.